The fourth-order valence-corrected chi connectivity index (χ4v) is 4.46. The molecule has 0 radical (unpaired) electrons. The van der Waals surface area contributed by atoms with Gasteiger partial charge in [-0.25, -0.2) is 8.42 Å². The summed E-state index contributed by atoms with van der Waals surface area (Å²) < 4.78 is 28.1. The van der Waals surface area contributed by atoms with Crippen LogP contribution < -0.4 is 4.72 Å². The lowest BCUT2D eigenvalue weighted by molar-refractivity contribution is 0.451. The Hall–Kier alpha value is -1.31. The molecule has 0 bridgehead atoms. The van der Waals surface area contributed by atoms with Crippen LogP contribution in [0, 0.1) is 33.1 Å². The zero-order valence-electron chi connectivity index (χ0n) is 12.9. The van der Waals surface area contributed by atoms with Gasteiger partial charge in [0.1, 0.15) is 0 Å². The van der Waals surface area contributed by atoms with Crippen LogP contribution in [0.5, 0.6) is 0 Å². The monoisotopic (exact) mass is 293 g/mol. The van der Waals surface area contributed by atoms with E-state index in [0.717, 1.165) is 16.7 Å². The Morgan fingerprint density at radius 1 is 1.15 bits per heavy atom. The van der Waals surface area contributed by atoms with Gasteiger partial charge >= 0.3 is 0 Å². The average Bonchev–Trinajstić information content (AvgIpc) is 2.34. The fraction of sp³-hybridized carbons (Fsp3) is 0.500. The minimum Gasteiger partial charge on any atom is -0.207 e. The predicted molar refractivity (Wildman–Crippen MR) is 83.1 cm³/mol. The predicted octanol–water partition coefficient (Wildman–Crippen LogP) is 3.08. The van der Waals surface area contributed by atoms with Crippen LogP contribution in [0.3, 0.4) is 0 Å². The van der Waals surface area contributed by atoms with E-state index in [1.807, 2.05) is 46.8 Å². The van der Waals surface area contributed by atoms with E-state index < -0.39 is 15.6 Å². The van der Waals surface area contributed by atoms with E-state index in [0.29, 0.717) is 17.7 Å². The molecule has 4 heteroatoms. The molecular weight excluding hydrogens is 270 g/mol. The lowest BCUT2D eigenvalue weighted by atomic mass is 9.96. The Morgan fingerprint density at radius 3 is 1.95 bits per heavy atom. The highest BCUT2D eigenvalue weighted by Gasteiger charge is 2.31. The van der Waals surface area contributed by atoms with Gasteiger partial charge in [0, 0.05) is 0 Å². The number of nitrogens with one attached hydrogen (secondary N) is 1. The van der Waals surface area contributed by atoms with Crippen molar-refractivity contribution in [3.8, 4) is 12.3 Å². The van der Waals surface area contributed by atoms with Gasteiger partial charge in [-0.1, -0.05) is 37.5 Å². The summed E-state index contributed by atoms with van der Waals surface area (Å²) in [5, 5.41) is 0. The van der Waals surface area contributed by atoms with Gasteiger partial charge in [-0.3, -0.25) is 0 Å². The van der Waals surface area contributed by atoms with Crippen LogP contribution in [0.2, 0.25) is 0 Å². The Kier molecular flexibility index (Phi) is 5.01. The number of terminal acetylenes is 1. The second-order valence-corrected chi connectivity index (χ2v) is 6.89. The molecule has 20 heavy (non-hydrogen) atoms. The molecule has 1 rings (SSSR count). The minimum atomic E-state index is -3.62. The first kappa shape index (κ1) is 16.7. The standard InChI is InChI=1S/C16H23NO2S/c1-7-16(8-2,9-3)17-20(18,19)15-13(5)10-12(4)11-14(15)6/h1,10-11,17H,8-9H2,2-6H3. The highest BCUT2D eigenvalue weighted by molar-refractivity contribution is 7.89. The maximum Gasteiger partial charge on any atom is 0.242 e. The molecule has 0 unspecified atom stereocenters. The number of rotatable bonds is 5. The summed E-state index contributed by atoms with van der Waals surface area (Å²) in [5.41, 5.74) is 1.72. The van der Waals surface area contributed by atoms with Crippen molar-refractivity contribution in [1.82, 2.24) is 4.72 Å². The topological polar surface area (TPSA) is 46.2 Å². The molecule has 0 saturated carbocycles. The SMILES string of the molecule is C#CC(CC)(CC)NS(=O)(=O)c1c(C)cc(C)cc1C. The van der Waals surface area contributed by atoms with Gasteiger partial charge in [-0.2, -0.15) is 4.72 Å². The molecule has 1 aromatic rings. The summed E-state index contributed by atoms with van der Waals surface area (Å²) in [6.07, 6.45) is 6.65. The van der Waals surface area contributed by atoms with Crippen molar-refractivity contribution in [3.05, 3.63) is 28.8 Å². The van der Waals surface area contributed by atoms with E-state index >= 15 is 0 Å². The highest BCUT2D eigenvalue weighted by Crippen LogP contribution is 2.25. The van der Waals surface area contributed by atoms with Crippen LogP contribution in [0.1, 0.15) is 43.4 Å². The largest absolute Gasteiger partial charge is 0.242 e. The van der Waals surface area contributed by atoms with Gasteiger partial charge in [0.2, 0.25) is 10.0 Å². The summed E-state index contributed by atoms with van der Waals surface area (Å²) in [7, 11) is -3.62. The van der Waals surface area contributed by atoms with Crippen LogP contribution in [-0.4, -0.2) is 14.0 Å². The molecule has 1 N–H and O–H groups in total. The third kappa shape index (κ3) is 3.23. The van der Waals surface area contributed by atoms with Crippen molar-refractivity contribution in [1.29, 1.82) is 0 Å². The molecule has 3 nitrogen and oxygen atoms in total. The molecule has 0 amide bonds. The van der Waals surface area contributed by atoms with E-state index in [9.17, 15) is 8.42 Å². The first-order valence-electron chi connectivity index (χ1n) is 6.81. The van der Waals surface area contributed by atoms with Crippen molar-refractivity contribution in [2.45, 2.75) is 57.9 Å². The normalized spacial score (nSPS) is 12.2. The Morgan fingerprint density at radius 2 is 1.60 bits per heavy atom. The molecule has 0 aliphatic rings. The maximum atomic E-state index is 12.7. The lowest BCUT2D eigenvalue weighted by Crippen LogP contribution is -2.46. The summed E-state index contributed by atoms with van der Waals surface area (Å²) in [5.74, 6) is 2.60. The first-order chi connectivity index (χ1) is 9.21. The smallest absolute Gasteiger partial charge is 0.207 e. The summed E-state index contributed by atoms with van der Waals surface area (Å²) in [6.45, 7) is 9.35. The molecule has 0 spiro atoms. The molecule has 0 heterocycles. The molecule has 0 aromatic heterocycles. The summed E-state index contributed by atoms with van der Waals surface area (Å²) in [6, 6.07) is 3.74. The van der Waals surface area contributed by atoms with E-state index in [1.54, 1.807) is 0 Å². The first-order valence-corrected chi connectivity index (χ1v) is 8.29. The fourth-order valence-electron chi connectivity index (χ4n) is 2.53. The van der Waals surface area contributed by atoms with Crippen LogP contribution in [0.15, 0.2) is 17.0 Å². The van der Waals surface area contributed by atoms with Gasteiger partial charge in [0.15, 0.2) is 0 Å². The second kappa shape index (κ2) is 5.99. The third-order valence-corrected chi connectivity index (χ3v) is 5.53. The average molecular weight is 293 g/mol. The zero-order chi connectivity index (χ0) is 15.6. The second-order valence-electron chi connectivity index (χ2n) is 5.27. The van der Waals surface area contributed by atoms with Gasteiger partial charge in [0.05, 0.1) is 10.4 Å². The molecule has 0 atom stereocenters. The van der Waals surface area contributed by atoms with Gasteiger partial charge in [-0.15, -0.1) is 6.42 Å². The number of aryl methyl sites for hydroxylation is 3. The summed E-state index contributed by atoms with van der Waals surface area (Å²) >= 11 is 0. The van der Waals surface area contributed by atoms with Gasteiger partial charge < -0.3 is 0 Å². The molecule has 110 valence electrons. The van der Waals surface area contributed by atoms with Crippen LogP contribution >= 0.6 is 0 Å². The quantitative estimate of drug-likeness (QED) is 0.848. The molecule has 0 saturated heterocycles. The van der Waals surface area contributed by atoms with Gasteiger partial charge in [0.25, 0.3) is 0 Å². The molecule has 0 aliphatic heterocycles. The Bertz CT molecular complexity index is 612. The summed E-state index contributed by atoms with van der Waals surface area (Å²) in [4.78, 5) is 0.338. The van der Waals surface area contributed by atoms with Crippen molar-refractivity contribution < 1.29 is 8.42 Å². The Balaban J connectivity index is 3.36. The molecule has 0 aliphatic carbocycles. The molecule has 1 aromatic carbocycles. The van der Waals surface area contributed by atoms with Crippen molar-refractivity contribution in [2.24, 2.45) is 0 Å². The van der Waals surface area contributed by atoms with Crippen molar-refractivity contribution in [2.75, 3.05) is 0 Å². The minimum absolute atomic E-state index is 0.338. The number of benzene rings is 1. The van der Waals surface area contributed by atoms with Crippen LogP contribution in [0.25, 0.3) is 0 Å². The van der Waals surface area contributed by atoms with E-state index in [-0.39, 0.29) is 0 Å². The van der Waals surface area contributed by atoms with E-state index in [1.165, 1.54) is 0 Å². The third-order valence-electron chi connectivity index (χ3n) is 3.69. The van der Waals surface area contributed by atoms with Crippen LogP contribution in [-0.2, 0) is 10.0 Å². The van der Waals surface area contributed by atoms with E-state index in [2.05, 4.69) is 10.6 Å². The lowest BCUT2D eigenvalue weighted by Gasteiger charge is -2.27. The molecule has 0 fully saturated rings. The van der Waals surface area contributed by atoms with Crippen LogP contribution in [0.4, 0.5) is 0 Å². The van der Waals surface area contributed by atoms with Crippen molar-refractivity contribution >= 4 is 10.0 Å². The zero-order valence-corrected chi connectivity index (χ0v) is 13.7. The maximum absolute atomic E-state index is 12.7. The van der Waals surface area contributed by atoms with Gasteiger partial charge in [-0.05, 0) is 44.7 Å². The number of sulfonamides is 1. The highest BCUT2D eigenvalue weighted by atomic mass is 32.2. The Labute approximate surface area is 122 Å². The van der Waals surface area contributed by atoms with Crippen molar-refractivity contribution in [3.63, 3.8) is 0 Å². The van der Waals surface area contributed by atoms with E-state index in [4.69, 9.17) is 6.42 Å². The number of hydrogen-bond donors (Lipinski definition) is 1. The number of hydrogen-bond acceptors (Lipinski definition) is 2. The molecular formula is C16H23NO2S.